The van der Waals surface area contributed by atoms with Gasteiger partial charge >= 0.3 is 0 Å². The number of hydrogen-bond acceptors (Lipinski definition) is 11. The number of allylic oxidation sites excluding steroid dienone is 12. The molecule has 6 aromatic rings. The van der Waals surface area contributed by atoms with Crippen molar-refractivity contribution in [3.63, 3.8) is 0 Å². The van der Waals surface area contributed by atoms with Crippen molar-refractivity contribution in [1.82, 2.24) is 15.0 Å². The maximum Gasteiger partial charge on any atom is 0.166 e. The maximum absolute atomic E-state index is 12.6. The lowest BCUT2D eigenvalue weighted by molar-refractivity contribution is -0.118. The van der Waals surface area contributed by atoms with Gasteiger partial charge in [-0.3, -0.25) is 29.3 Å². The molecule has 3 N–H and O–H groups in total. The van der Waals surface area contributed by atoms with Gasteiger partial charge < -0.3 is 25.1 Å². The number of nitrogens with two attached hydrogens (primary N) is 1. The second-order valence-corrected chi connectivity index (χ2v) is 28.9. The summed E-state index contributed by atoms with van der Waals surface area (Å²) in [7, 11) is 0. The van der Waals surface area contributed by atoms with Crippen LogP contribution >= 0.6 is 0 Å². The van der Waals surface area contributed by atoms with Gasteiger partial charge in [0.2, 0.25) is 0 Å². The first-order valence-electron chi connectivity index (χ1n) is 33.6. The molecule has 0 spiro atoms. The van der Waals surface area contributed by atoms with Gasteiger partial charge in [-0.25, -0.2) is 0 Å². The molecule has 6 heterocycles. The van der Waals surface area contributed by atoms with Crippen molar-refractivity contribution in [3.8, 4) is 0 Å². The Hall–Kier alpha value is -8.12. The summed E-state index contributed by atoms with van der Waals surface area (Å²) in [5, 5.41) is 16.9. The van der Waals surface area contributed by atoms with E-state index in [0.29, 0.717) is 67.7 Å². The number of pyridine rings is 3. The van der Waals surface area contributed by atoms with E-state index in [-0.39, 0.29) is 70.3 Å². The van der Waals surface area contributed by atoms with Crippen molar-refractivity contribution in [2.75, 3.05) is 13.2 Å². The van der Waals surface area contributed by atoms with Crippen LogP contribution in [0.2, 0.25) is 0 Å². The molecule has 2 unspecified atom stereocenters. The fourth-order valence-corrected chi connectivity index (χ4v) is 18.9. The third kappa shape index (κ3) is 9.80. The van der Waals surface area contributed by atoms with Gasteiger partial charge in [0.25, 0.3) is 0 Å². The Labute approximate surface area is 532 Å². The summed E-state index contributed by atoms with van der Waals surface area (Å²) < 4.78 is 19.7. The number of carbonyl (C=O) groups is 3. The average molecular weight is 1210 g/mol. The number of aliphatic hydroxyl groups excluding tert-OH is 1. The van der Waals surface area contributed by atoms with Crippen LogP contribution in [0, 0.1) is 45.8 Å². The van der Waals surface area contributed by atoms with Gasteiger partial charge in [-0.15, -0.1) is 0 Å². The van der Waals surface area contributed by atoms with Crippen LogP contribution in [0.25, 0.3) is 32.3 Å². The van der Waals surface area contributed by atoms with E-state index in [1.54, 1.807) is 0 Å². The van der Waals surface area contributed by atoms with Gasteiger partial charge in [0.05, 0.1) is 16.7 Å². The van der Waals surface area contributed by atoms with Crippen LogP contribution < -0.4 is 5.73 Å². The lowest BCUT2D eigenvalue weighted by atomic mass is 9.64. The molecule has 462 valence electrons. The number of carbonyl (C=O) groups excluding carboxylic acids is 3. The number of rotatable bonds is 5. The smallest absolute Gasteiger partial charge is 0.166 e. The summed E-state index contributed by atoms with van der Waals surface area (Å²) >= 11 is 0. The number of nitrogens with zero attached hydrogens (tertiary/aromatic N) is 3. The maximum atomic E-state index is 12.6. The van der Waals surface area contributed by atoms with Crippen molar-refractivity contribution in [1.29, 1.82) is 0 Å². The molecule has 3 saturated carbocycles. The Balaban J connectivity index is 0.000000109. The molecular formula is C80H80N4O7. The summed E-state index contributed by atoms with van der Waals surface area (Å²) in [4.78, 5) is 50.5. The van der Waals surface area contributed by atoms with E-state index in [1.165, 1.54) is 54.6 Å². The van der Waals surface area contributed by atoms with Gasteiger partial charge in [0.1, 0.15) is 35.6 Å². The van der Waals surface area contributed by atoms with Crippen LogP contribution in [0.1, 0.15) is 139 Å². The zero-order valence-corrected chi connectivity index (χ0v) is 52.4. The summed E-state index contributed by atoms with van der Waals surface area (Å²) in [6.45, 7) is 7.72. The highest BCUT2D eigenvalue weighted by atomic mass is 16.5. The number of ether oxygens (including phenoxy) is 3. The van der Waals surface area contributed by atoms with Crippen LogP contribution in [0.3, 0.4) is 0 Å². The lowest BCUT2D eigenvalue weighted by Crippen LogP contribution is -2.41. The SMILES string of the molecule is C[C@]12C=CC3=CC4=C(CC(CN)CC4=O)O[C@H]3[C@@H]1CC[C@@H]2c1ccc2ccncc2c1.C[C@]12C=CC3=CC4=C(CC(CO)CC4=O)O[C@H]3[C@@H]1CC[C@@H]2c1ccc2ccncc2c1.C[C@]12C=CC3=CC4=C(CCCC4=O)O[C@H]3[C@@H]1CC[C@@H]2c1ccc2ccncc2c1. The second-order valence-electron chi connectivity index (χ2n) is 28.9. The molecule has 3 aromatic carbocycles. The first kappa shape index (κ1) is 58.0. The van der Waals surface area contributed by atoms with Crippen LogP contribution in [0.5, 0.6) is 0 Å². The van der Waals surface area contributed by atoms with E-state index in [9.17, 15) is 19.5 Å². The Bertz CT molecular complexity index is 4160. The largest absolute Gasteiger partial charge is 0.489 e. The standard InChI is InChI=1S/C27H28N2O2.C27H27NO3.C26H25NO2/c1-27-8-6-19-13-21-24(30)10-16(14-28)11-25(21)31-26(19)23(27)5-4-22(27)18-3-2-17-7-9-29-15-20(17)12-18;1-27-8-6-19-13-21-24(30)10-16(15-29)11-25(21)31-26(19)23(27)5-4-22(27)18-3-2-17-7-9-28-14-20(17)12-18;1-26-11-9-18-14-20-23(28)3-2-4-24(20)29-25(18)22(26)8-7-21(26)17-6-5-16-10-12-27-15-19(16)13-17/h2-3,6-9,12-13,15-16,22-23,26H,4-5,10-11,14,28H2,1H3;2-3,6-9,12-14,16,22-23,26,29H,4-5,10-11,15H2,1H3;5-6,9-15,21-22,25H,2-4,7-8H2,1H3/t2*16?,22-,23+,26-,27-;21-,22+,25-,26-/m111/s1. The number of aromatic nitrogens is 3. The van der Waals surface area contributed by atoms with E-state index >= 15 is 0 Å². The third-order valence-corrected chi connectivity index (χ3v) is 24.0. The Morgan fingerprint density at radius 1 is 0.462 bits per heavy atom. The minimum absolute atomic E-state index is 0.00497. The normalized spacial score (nSPS) is 33.8. The molecule has 0 bridgehead atoms. The Morgan fingerprint density at radius 3 is 1.25 bits per heavy atom. The molecule has 11 heteroatoms. The molecule has 3 aliphatic heterocycles. The fraction of sp³-hybridized carbons (Fsp3) is 0.400. The second kappa shape index (κ2) is 22.6. The molecule has 3 aromatic heterocycles. The van der Waals surface area contributed by atoms with Gasteiger partial charge in [0, 0.05) is 116 Å². The summed E-state index contributed by atoms with van der Waals surface area (Å²) in [5.74, 6) is 5.88. The zero-order chi connectivity index (χ0) is 61.9. The number of aliphatic hydroxyl groups is 1. The van der Waals surface area contributed by atoms with Gasteiger partial charge in [-0.1, -0.05) is 93.6 Å². The highest BCUT2D eigenvalue weighted by Gasteiger charge is 2.56. The van der Waals surface area contributed by atoms with E-state index in [4.69, 9.17) is 19.9 Å². The van der Waals surface area contributed by atoms with Crippen LogP contribution in [0.15, 0.2) is 215 Å². The van der Waals surface area contributed by atoms with Crippen molar-refractivity contribution in [2.45, 2.75) is 140 Å². The molecule has 0 radical (unpaired) electrons. The van der Waals surface area contributed by atoms with Crippen LogP contribution in [0.4, 0.5) is 0 Å². The van der Waals surface area contributed by atoms with Crippen molar-refractivity contribution < 1.29 is 33.7 Å². The molecular weight excluding hydrogens is 1130 g/mol. The Morgan fingerprint density at radius 2 is 0.846 bits per heavy atom. The van der Waals surface area contributed by atoms with E-state index in [2.05, 4.69) is 163 Å². The van der Waals surface area contributed by atoms with Crippen molar-refractivity contribution in [2.24, 2.45) is 51.6 Å². The molecule has 12 aliphatic rings. The van der Waals surface area contributed by atoms with E-state index in [1.807, 2.05) is 37.2 Å². The quantitative estimate of drug-likeness (QED) is 0.169. The van der Waals surface area contributed by atoms with Gasteiger partial charge in [-0.05, 0) is 202 Å². The lowest BCUT2D eigenvalue weighted by Gasteiger charge is -2.45. The van der Waals surface area contributed by atoms with Gasteiger partial charge in [0.15, 0.2) is 17.3 Å². The summed E-state index contributed by atoms with van der Waals surface area (Å²) in [6.07, 6.45) is 43.2. The molecule has 18 rings (SSSR count). The predicted octanol–water partition coefficient (Wildman–Crippen LogP) is 15.3. The van der Waals surface area contributed by atoms with Gasteiger partial charge in [-0.2, -0.15) is 0 Å². The molecule has 0 amide bonds. The van der Waals surface area contributed by atoms with Crippen molar-refractivity contribution in [3.05, 3.63) is 232 Å². The first-order chi connectivity index (χ1) is 44.3. The highest BCUT2D eigenvalue weighted by molar-refractivity contribution is 6.01. The molecule has 0 saturated heterocycles. The molecule has 91 heavy (non-hydrogen) atoms. The molecule has 3 fully saturated rings. The van der Waals surface area contributed by atoms with Crippen LogP contribution in [-0.4, -0.2) is 68.9 Å². The topological polar surface area (TPSA) is 164 Å². The van der Waals surface area contributed by atoms with Crippen molar-refractivity contribution >= 4 is 49.7 Å². The molecule has 14 atom stereocenters. The minimum atomic E-state index is -0.0192. The summed E-state index contributed by atoms with van der Waals surface area (Å²) in [6, 6.07) is 26.6. The molecule has 11 nitrogen and oxygen atoms in total. The monoisotopic (exact) mass is 1210 g/mol. The average Bonchev–Trinajstić information content (AvgIpc) is 1.68. The zero-order valence-electron chi connectivity index (χ0n) is 52.4. The Kier molecular flexibility index (Phi) is 14.4. The first-order valence-corrected chi connectivity index (χ1v) is 33.6. The highest BCUT2D eigenvalue weighted by Crippen LogP contribution is 2.63. The predicted molar refractivity (Wildman–Crippen MR) is 354 cm³/mol. The van der Waals surface area contributed by atoms with Crippen LogP contribution in [-0.2, 0) is 28.6 Å². The third-order valence-electron chi connectivity index (χ3n) is 24.0. The number of fused-ring (bicyclic) bond motifs is 12. The number of ketones is 3. The number of hydrogen-bond donors (Lipinski definition) is 2. The number of benzene rings is 3. The molecule has 9 aliphatic carbocycles. The number of Topliss-reactive ketones (excluding diaryl/α,β-unsaturated/α-hetero) is 3. The summed E-state index contributed by atoms with van der Waals surface area (Å²) in [5.41, 5.74) is 15.9. The minimum Gasteiger partial charge on any atom is -0.489 e. The fourth-order valence-electron chi connectivity index (χ4n) is 18.9. The van der Waals surface area contributed by atoms with E-state index in [0.717, 1.165) is 103 Å². The van der Waals surface area contributed by atoms with E-state index < -0.39 is 0 Å².